The number of fused-ring (bicyclic) bond motifs is 1. The number of imide groups is 1. The van der Waals surface area contributed by atoms with Gasteiger partial charge in [0.1, 0.15) is 5.75 Å². The van der Waals surface area contributed by atoms with E-state index in [-0.39, 0.29) is 16.0 Å². The van der Waals surface area contributed by atoms with Gasteiger partial charge in [0.05, 0.1) is 27.6 Å². The molecule has 2 aromatic rings. The van der Waals surface area contributed by atoms with Crippen LogP contribution in [0.25, 0.3) is 0 Å². The van der Waals surface area contributed by atoms with Gasteiger partial charge in [-0.3, -0.25) is 14.9 Å². The van der Waals surface area contributed by atoms with E-state index < -0.39 is 27.9 Å². The fourth-order valence-electron chi connectivity index (χ4n) is 2.63. The summed E-state index contributed by atoms with van der Waals surface area (Å²) in [5.41, 5.74) is 0.953. The van der Waals surface area contributed by atoms with Crippen molar-refractivity contribution in [3.63, 3.8) is 0 Å². The van der Waals surface area contributed by atoms with Crippen LogP contribution in [0, 0.1) is 0 Å². The number of rotatable bonds is 5. The largest absolute Gasteiger partial charge is 0.496 e. The first kappa shape index (κ1) is 18.6. The van der Waals surface area contributed by atoms with Gasteiger partial charge in [0.15, 0.2) is 0 Å². The number of carbonyl (C=O) groups is 2. The van der Waals surface area contributed by atoms with E-state index in [1.54, 1.807) is 32.2 Å². The molecule has 136 valence electrons. The van der Waals surface area contributed by atoms with Crippen molar-refractivity contribution in [3.05, 3.63) is 57.6 Å². The van der Waals surface area contributed by atoms with Crippen LogP contribution >= 0.6 is 15.9 Å². The number of nitrogens with one attached hydrogen (secondary N) is 2. The second-order valence-electron chi connectivity index (χ2n) is 5.73. The third-order valence-corrected chi connectivity index (χ3v) is 6.18. The Morgan fingerprint density at radius 1 is 1.08 bits per heavy atom. The Morgan fingerprint density at radius 3 is 2.42 bits per heavy atom. The molecule has 7 nitrogen and oxygen atoms in total. The van der Waals surface area contributed by atoms with Crippen molar-refractivity contribution in [3.8, 4) is 5.75 Å². The monoisotopic (exact) mass is 438 g/mol. The van der Waals surface area contributed by atoms with E-state index in [9.17, 15) is 18.0 Å². The SMILES string of the molecule is COc1ccc(C(C)NS(=O)(=O)c2ccc3c(c2)C(=O)NC3=O)cc1Br. The van der Waals surface area contributed by atoms with Crippen LogP contribution in [0.3, 0.4) is 0 Å². The zero-order valence-electron chi connectivity index (χ0n) is 13.9. The zero-order chi connectivity index (χ0) is 19.1. The fraction of sp³-hybridized carbons (Fsp3) is 0.176. The van der Waals surface area contributed by atoms with Crippen molar-refractivity contribution in [1.29, 1.82) is 0 Å². The molecular formula is C17H15BrN2O5S. The predicted octanol–water partition coefficient (Wildman–Crippen LogP) is 2.38. The molecule has 1 atom stereocenters. The van der Waals surface area contributed by atoms with Crippen LogP contribution in [0.4, 0.5) is 0 Å². The van der Waals surface area contributed by atoms with Gasteiger partial charge in [0.25, 0.3) is 11.8 Å². The van der Waals surface area contributed by atoms with Crippen molar-refractivity contribution in [1.82, 2.24) is 10.0 Å². The van der Waals surface area contributed by atoms with Gasteiger partial charge in [0, 0.05) is 6.04 Å². The number of sulfonamides is 1. The third kappa shape index (κ3) is 3.37. The lowest BCUT2D eigenvalue weighted by molar-refractivity contribution is 0.0879. The molecule has 0 fully saturated rings. The molecule has 0 saturated heterocycles. The molecule has 0 radical (unpaired) electrons. The number of amides is 2. The number of methoxy groups -OCH3 is 1. The van der Waals surface area contributed by atoms with Crippen molar-refractivity contribution >= 4 is 37.8 Å². The van der Waals surface area contributed by atoms with Gasteiger partial charge >= 0.3 is 0 Å². The highest BCUT2D eigenvalue weighted by molar-refractivity contribution is 9.10. The molecule has 26 heavy (non-hydrogen) atoms. The summed E-state index contributed by atoms with van der Waals surface area (Å²) in [5, 5.41) is 2.13. The van der Waals surface area contributed by atoms with Crippen molar-refractivity contribution in [2.75, 3.05) is 7.11 Å². The summed E-state index contributed by atoms with van der Waals surface area (Å²) in [6, 6.07) is 8.57. The maximum Gasteiger partial charge on any atom is 0.258 e. The first-order valence-electron chi connectivity index (χ1n) is 7.58. The molecule has 1 aliphatic rings. The zero-order valence-corrected chi connectivity index (χ0v) is 16.3. The molecule has 0 aromatic heterocycles. The molecule has 2 N–H and O–H groups in total. The highest BCUT2D eigenvalue weighted by atomic mass is 79.9. The third-order valence-electron chi connectivity index (χ3n) is 4.03. The van der Waals surface area contributed by atoms with E-state index in [1.165, 1.54) is 18.2 Å². The molecule has 0 bridgehead atoms. The van der Waals surface area contributed by atoms with E-state index in [4.69, 9.17) is 4.74 Å². The lowest BCUT2D eigenvalue weighted by Gasteiger charge is -2.16. The van der Waals surface area contributed by atoms with Crippen LogP contribution in [-0.4, -0.2) is 27.3 Å². The number of halogens is 1. The summed E-state index contributed by atoms with van der Waals surface area (Å²) in [4.78, 5) is 23.2. The highest BCUT2D eigenvalue weighted by Gasteiger charge is 2.29. The predicted molar refractivity (Wildman–Crippen MR) is 97.7 cm³/mol. The van der Waals surface area contributed by atoms with Gasteiger partial charge < -0.3 is 4.74 Å². The van der Waals surface area contributed by atoms with Gasteiger partial charge in [-0.05, 0) is 58.7 Å². The maximum atomic E-state index is 12.6. The van der Waals surface area contributed by atoms with E-state index in [0.717, 1.165) is 5.56 Å². The van der Waals surface area contributed by atoms with Gasteiger partial charge in [-0.15, -0.1) is 0 Å². The normalized spacial score (nSPS) is 14.7. The molecule has 3 rings (SSSR count). The van der Waals surface area contributed by atoms with Crippen molar-refractivity contribution in [2.45, 2.75) is 17.9 Å². The van der Waals surface area contributed by atoms with E-state index in [0.29, 0.717) is 10.2 Å². The van der Waals surface area contributed by atoms with Gasteiger partial charge in [0.2, 0.25) is 10.0 Å². The van der Waals surface area contributed by atoms with Crippen LogP contribution in [0.1, 0.15) is 39.2 Å². The first-order chi connectivity index (χ1) is 12.2. The minimum absolute atomic E-state index is 0.0534. The lowest BCUT2D eigenvalue weighted by atomic mass is 10.1. The van der Waals surface area contributed by atoms with Crippen molar-refractivity contribution in [2.24, 2.45) is 0 Å². The van der Waals surface area contributed by atoms with Crippen LogP contribution in [0.5, 0.6) is 5.75 Å². The number of carbonyl (C=O) groups excluding carboxylic acids is 2. The molecule has 1 aliphatic heterocycles. The fourth-order valence-corrected chi connectivity index (χ4v) is 4.45. The summed E-state index contributed by atoms with van der Waals surface area (Å²) in [6.07, 6.45) is 0. The summed E-state index contributed by atoms with van der Waals surface area (Å²) in [7, 11) is -2.34. The Hall–Kier alpha value is -2.23. The minimum Gasteiger partial charge on any atom is -0.496 e. The Balaban J connectivity index is 1.87. The average Bonchev–Trinajstić information content (AvgIpc) is 2.88. The molecule has 2 amide bonds. The smallest absolute Gasteiger partial charge is 0.258 e. The van der Waals surface area contributed by atoms with Gasteiger partial charge in [-0.25, -0.2) is 13.1 Å². The average molecular weight is 439 g/mol. The number of ether oxygens (including phenoxy) is 1. The quantitative estimate of drug-likeness (QED) is 0.697. The Bertz CT molecular complexity index is 1020. The van der Waals surface area contributed by atoms with Crippen molar-refractivity contribution < 1.29 is 22.7 Å². The summed E-state index contributed by atoms with van der Waals surface area (Å²) in [6.45, 7) is 1.70. The Kier molecular flexibility index (Phi) is 4.87. The molecule has 0 spiro atoms. The topological polar surface area (TPSA) is 102 Å². The molecule has 1 unspecified atom stereocenters. The van der Waals surface area contributed by atoms with Gasteiger partial charge in [-0.2, -0.15) is 0 Å². The standard InChI is InChI=1S/C17H15BrN2O5S/c1-9(10-3-6-15(25-2)14(18)7-10)20-26(23,24)11-4-5-12-13(8-11)17(22)19-16(12)21/h3-9,20H,1-2H3,(H,19,21,22). The van der Waals surface area contributed by atoms with Crippen LogP contribution in [-0.2, 0) is 10.0 Å². The van der Waals surface area contributed by atoms with E-state index in [1.807, 2.05) is 0 Å². The second kappa shape index (κ2) is 6.82. The van der Waals surface area contributed by atoms with E-state index >= 15 is 0 Å². The molecule has 2 aromatic carbocycles. The summed E-state index contributed by atoms with van der Waals surface area (Å²) >= 11 is 3.37. The van der Waals surface area contributed by atoms with E-state index in [2.05, 4.69) is 26.0 Å². The van der Waals surface area contributed by atoms with Crippen LogP contribution in [0.15, 0.2) is 45.8 Å². The minimum atomic E-state index is -3.89. The highest BCUT2D eigenvalue weighted by Crippen LogP contribution is 2.29. The molecule has 9 heteroatoms. The molecule has 0 aliphatic carbocycles. The summed E-state index contributed by atoms with van der Waals surface area (Å²) < 4.78 is 33.7. The first-order valence-corrected chi connectivity index (χ1v) is 9.86. The number of benzene rings is 2. The molecule has 0 saturated carbocycles. The van der Waals surface area contributed by atoms with Crippen LogP contribution < -0.4 is 14.8 Å². The Morgan fingerprint density at radius 2 is 1.77 bits per heavy atom. The lowest BCUT2D eigenvalue weighted by Crippen LogP contribution is -2.27. The number of hydrogen-bond donors (Lipinski definition) is 2. The maximum absolute atomic E-state index is 12.6. The number of hydrogen-bond acceptors (Lipinski definition) is 5. The summed E-state index contributed by atoms with van der Waals surface area (Å²) in [5.74, 6) is -0.495. The Labute approximate surface area is 158 Å². The van der Waals surface area contributed by atoms with Crippen LogP contribution in [0.2, 0.25) is 0 Å². The molecular weight excluding hydrogens is 424 g/mol. The second-order valence-corrected chi connectivity index (χ2v) is 8.30. The van der Waals surface area contributed by atoms with Gasteiger partial charge in [-0.1, -0.05) is 6.07 Å². The molecule has 1 heterocycles.